The SMILES string of the molecule is Cc1scc(C(=O)N/N=C\c2ccc3c(c2)OCO3)c1C. The molecule has 6 heteroatoms. The quantitative estimate of drug-likeness (QED) is 0.700. The van der Waals surface area contributed by atoms with Gasteiger partial charge in [-0.1, -0.05) is 0 Å². The number of aryl methyl sites for hydroxylation is 1. The Balaban J connectivity index is 1.67. The van der Waals surface area contributed by atoms with Gasteiger partial charge < -0.3 is 9.47 Å². The van der Waals surface area contributed by atoms with E-state index in [0.29, 0.717) is 11.3 Å². The summed E-state index contributed by atoms with van der Waals surface area (Å²) in [6.45, 7) is 4.17. The second kappa shape index (κ2) is 5.57. The number of carbonyl (C=O) groups is 1. The van der Waals surface area contributed by atoms with Gasteiger partial charge >= 0.3 is 0 Å². The number of benzene rings is 1. The van der Waals surface area contributed by atoms with Gasteiger partial charge in [-0.05, 0) is 43.2 Å². The summed E-state index contributed by atoms with van der Waals surface area (Å²) in [4.78, 5) is 13.1. The van der Waals surface area contributed by atoms with Gasteiger partial charge in [0.1, 0.15) is 0 Å². The summed E-state index contributed by atoms with van der Waals surface area (Å²) >= 11 is 1.56. The second-order valence-electron chi connectivity index (χ2n) is 4.64. The van der Waals surface area contributed by atoms with Gasteiger partial charge in [-0.15, -0.1) is 11.3 Å². The number of rotatable bonds is 3. The molecule has 0 bridgehead atoms. The Labute approximate surface area is 126 Å². The molecule has 1 amide bonds. The van der Waals surface area contributed by atoms with Crippen LogP contribution in [0.25, 0.3) is 0 Å². The molecule has 2 aromatic rings. The predicted octanol–water partition coefficient (Wildman–Crippen LogP) is 2.86. The van der Waals surface area contributed by atoms with Crippen molar-refractivity contribution in [3.05, 3.63) is 45.1 Å². The fourth-order valence-corrected chi connectivity index (χ4v) is 2.82. The van der Waals surface area contributed by atoms with E-state index >= 15 is 0 Å². The summed E-state index contributed by atoms with van der Waals surface area (Å²) in [7, 11) is 0. The highest BCUT2D eigenvalue weighted by atomic mass is 32.1. The molecule has 108 valence electrons. The fraction of sp³-hybridized carbons (Fsp3) is 0.200. The number of thiophene rings is 1. The molecule has 0 aliphatic carbocycles. The average molecular weight is 302 g/mol. The molecule has 0 radical (unpaired) electrons. The van der Waals surface area contributed by atoms with Crippen LogP contribution in [0.15, 0.2) is 28.7 Å². The van der Waals surface area contributed by atoms with E-state index in [1.54, 1.807) is 17.6 Å². The van der Waals surface area contributed by atoms with Crippen molar-refractivity contribution in [3.63, 3.8) is 0 Å². The lowest BCUT2D eigenvalue weighted by molar-refractivity contribution is 0.0955. The Morgan fingerprint density at radius 3 is 2.90 bits per heavy atom. The van der Waals surface area contributed by atoms with E-state index in [9.17, 15) is 4.79 Å². The van der Waals surface area contributed by atoms with E-state index in [0.717, 1.165) is 21.8 Å². The normalized spacial score (nSPS) is 12.9. The summed E-state index contributed by atoms with van der Waals surface area (Å²) < 4.78 is 10.5. The van der Waals surface area contributed by atoms with Crippen molar-refractivity contribution in [2.24, 2.45) is 5.10 Å². The van der Waals surface area contributed by atoms with Crippen LogP contribution in [-0.4, -0.2) is 18.9 Å². The van der Waals surface area contributed by atoms with E-state index in [4.69, 9.17) is 9.47 Å². The lowest BCUT2D eigenvalue weighted by Crippen LogP contribution is -2.17. The average Bonchev–Trinajstić information content (AvgIpc) is 3.06. The Kier molecular flexibility index (Phi) is 3.62. The summed E-state index contributed by atoms with van der Waals surface area (Å²) in [5, 5.41) is 5.82. The minimum absolute atomic E-state index is 0.200. The molecule has 0 unspecified atom stereocenters. The topological polar surface area (TPSA) is 59.9 Å². The van der Waals surface area contributed by atoms with Crippen LogP contribution in [0.4, 0.5) is 0 Å². The molecule has 0 spiro atoms. The third kappa shape index (κ3) is 2.75. The number of nitrogens with zero attached hydrogens (tertiary/aromatic N) is 1. The minimum atomic E-state index is -0.200. The highest BCUT2D eigenvalue weighted by Crippen LogP contribution is 2.31. The molecule has 0 atom stereocenters. The number of fused-ring (bicyclic) bond motifs is 1. The van der Waals surface area contributed by atoms with Crippen molar-refractivity contribution in [2.45, 2.75) is 13.8 Å². The summed E-state index contributed by atoms with van der Waals surface area (Å²) in [5.41, 5.74) is 5.03. The third-order valence-corrected chi connectivity index (χ3v) is 4.32. The van der Waals surface area contributed by atoms with E-state index in [-0.39, 0.29) is 12.7 Å². The van der Waals surface area contributed by atoms with Crippen LogP contribution in [0.1, 0.15) is 26.4 Å². The van der Waals surface area contributed by atoms with Gasteiger partial charge in [-0.2, -0.15) is 5.10 Å². The smallest absolute Gasteiger partial charge is 0.272 e. The fourth-order valence-electron chi connectivity index (χ4n) is 1.96. The first-order valence-electron chi connectivity index (χ1n) is 6.43. The van der Waals surface area contributed by atoms with E-state index < -0.39 is 0 Å². The molecule has 1 aromatic carbocycles. The molecule has 0 saturated carbocycles. The molecule has 1 aliphatic heterocycles. The van der Waals surface area contributed by atoms with Crippen LogP contribution >= 0.6 is 11.3 Å². The molecule has 5 nitrogen and oxygen atoms in total. The third-order valence-electron chi connectivity index (χ3n) is 3.31. The maximum absolute atomic E-state index is 12.0. The maximum atomic E-state index is 12.0. The van der Waals surface area contributed by atoms with Gasteiger partial charge in [-0.25, -0.2) is 5.43 Å². The molecule has 1 aliphatic rings. The lowest BCUT2D eigenvalue weighted by atomic mass is 10.2. The summed E-state index contributed by atoms with van der Waals surface area (Å²) in [6.07, 6.45) is 1.58. The maximum Gasteiger partial charge on any atom is 0.272 e. The van der Waals surface area contributed by atoms with Crippen molar-refractivity contribution in [2.75, 3.05) is 6.79 Å². The zero-order valence-corrected chi connectivity index (χ0v) is 12.5. The molecule has 1 N–H and O–H groups in total. The molecule has 21 heavy (non-hydrogen) atoms. The highest BCUT2D eigenvalue weighted by Gasteiger charge is 2.13. The number of amides is 1. The first kappa shape index (κ1) is 13.6. The van der Waals surface area contributed by atoms with Crippen molar-refractivity contribution < 1.29 is 14.3 Å². The summed E-state index contributed by atoms with van der Waals surface area (Å²) in [5.74, 6) is 1.21. The molecule has 0 fully saturated rings. The van der Waals surface area contributed by atoms with Gasteiger partial charge in [0.25, 0.3) is 5.91 Å². The van der Waals surface area contributed by atoms with Crippen LogP contribution < -0.4 is 14.9 Å². The lowest BCUT2D eigenvalue weighted by Gasteiger charge is -2.00. The molecule has 3 rings (SSSR count). The monoisotopic (exact) mass is 302 g/mol. The van der Waals surface area contributed by atoms with E-state index in [2.05, 4.69) is 10.5 Å². The Hall–Kier alpha value is -2.34. The van der Waals surface area contributed by atoms with Gasteiger partial charge in [0.15, 0.2) is 11.5 Å². The van der Waals surface area contributed by atoms with Crippen molar-refractivity contribution in [3.8, 4) is 11.5 Å². The summed E-state index contributed by atoms with van der Waals surface area (Å²) in [6, 6.07) is 5.49. The van der Waals surface area contributed by atoms with Crippen LogP contribution in [0.2, 0.25) is 0 Å². The van der Waals surface area contributed by atoms with Crippen LogP contribution in [-0.2, 0) is 0 Å². The first-order valence-corrected chi connectivity index (χ1v) is 7.31. The van der Waals surface area contributed by atoms with E-state index in [1.807, 2.05) is 37.4 Å². The van der Waals surface area contributed by atoms with Crippen molar-refractivity contribution in [1.82, 2.24) is 5.43 Å². The number of carbonyl (C=O) groups excluding carboxylic acids is 1. The van der Waals surface area contributed by atoms with Gasteiger partial charge in [0.2, 0.25) is 6.79 Å². The Bertz CT molecular complexity index is 722. The number of ether oxygens (including phenoxy) is 2. The zero-order valence-electron chi connectivity index (χ0n) is 11.7. The van der Waals surface area contributed by atoms with Crippen molar-refractivity contribution >= 4 is 23.5 Å². The molecular formula is C15H14N2O3S. The Morgan fingerprint density at radius 2 is 2.14 bits per heavy atom. The minimum Gasteiger partial charge on any atom is -0.454 e. The Morgan fingerprint density at radius 1 is 1.33 bits per heavy atom. The number of hydrogen-bond donors (Lipinski definition) is 1. The number of hydrogen-bond acceptors (Lipinski definition) is 5. The number of nitrogens with one attached hydrogen (secondary N) is 1. The van der Waals surface area contributed by atoms with Crippen molar-refractivity contribution in [1.29, 1.82) is 0 Å². The largest absolute Gasteiger partial charge is 0.454 e. The molecule has 1 aromatic heterocycles. The first-order chi connectivity index (χ1) is 10.1. The number of hydrazone groups is 1. The van der Waals surface area contributed by atoms with Crippen LogP contribution in [0.5, 0.6) is 11.5 Å². The van der Waals surface area contributed by atoms with Gasteiger partial charge in [0.05, 0.1) is 11.8 Å². The molecule has 2 heterocycles. The predicted molar refractivity (Wildman–Crippen MR) is 81.4 cm³/mol. The highest BCUT2D eigenvalue weighted by molar-refractivity contribution is 7.10. The van der Waals surface area contributed by atoms with Gasteiger partial charge in [0, 0.05) is 10.3 Å². The molecular weight excluding hydrogens is 288 g/mol. The standard InChI is InChI=1S/C15H14N2O3S/c1-9-10(2)21-7-12(9)15(18)17-16-6-11-3-4-13-14(5-11)20-8-19-13/h3-7H,8H2,1-2H3,(H,17,18)/b16-6-. The van der Waals surface area contributed by atoms with E-state index in [1.165, 1.54) is 0 Å². The second-order valence-corrected chi connectivity index (χ2v) is 5.73. The van der Waals surface area contributed by atoms with Crippen LogP contribution in [0, 0.1) is 13.8 Å². The van der Waals surface area contributed by atoms with Crippen LogP contribution in [0.3, 0.4) is 0 Å². The molecule has 0 saturated heterocycles. The van der Waals surface area contributed by atoms with Gasteiger partial charge in [-0.3, -0.25) is 4.79 Å². The zero-order chi connectivity index (χ0) is 14.8.